The van der Waals surface area contributed by atoms with Gasteiger partial charge in [-0.1, -0.05) is 6.92 Å². The fourth-order valence-corrected chi connectivity index (χ4v) is 3.18. The summed E-state index contributed by atoms with van der Waals surface area (Å²) >= 11 is 1.26. The molecule has 2 heterocycles. The molecule has 4 nitrogen and oxygen atoms in total. The summed E-state index contributed by atoms with van der Waals surface area (Å²) < 4.78 is 42.8. The Bertz CT molecular complexity index is 492. The van der Waals surface area contributed by atoms with E-state index in [-0.39, 0.29) is 6.42 Å². The lowest BCUT2D eigenvalue weighted by Gasteiger charge is -2.24. The first-order valence-electron chi connectivity index (χ1n) is 6.58. The second-order valence-electron chi connectivity index (χ2n) is 4.84. The van der Waals surface area contributed by atoms with Crippen LogP contribution in [-0.4, -0.2) is 35.9 Å². The van der Waals surface area contributed by atoms with E-state index in [2.05, 4.69) is 5.32 Å². The van der Waals surface area contributed by atoms with E-state index in [1.54, 1.807) is 6.07 Å². The molecule has 0 fully saturated rings. The van der Waals surface area contributed by atoms with Gasteiger partial charge in [-0.15, -0.1) is 11.3 Å². The number of thiophene rings is 1. The number of hydrogen-bond acceptors (Lipinski definition) is 4. The van der Waals surface area contributed by atoms with Gasteiger partial charge in [0.1, 0.15) is 0 Å². The van der Waals surface area contributed by atoms with Crippen LogP contribution in [0.25, 0.3) is 0 Å². The first-order chi connectivity index (χ1) is 9.82. The normalized spacial score (nSPS) is 18.0. The van der Waals surface area contributed by atoms with Crippen molar-refractivity contribution in [3.63, 3.8) is 0 Å². The number of aliphatic hydroxyl groups is 1. The van der Waals surface area contributed by atoms with Gasteiger partial charge in [-0.05, 0) is 18.1 Å². The Morgan fingerprint density at radius 3 is 2.86 bits per heavy atom. The number of rotatable bonds is 4. The zero-order chi connectivity index (χ0) is 15.6. The molecule has 0 saturated carbocycles. The number of alkyl halides is 3. The predicted octanol–water partition coefficient (Wildman–Crippen LogP) is 2.25. The fourth-order valence-electron chi connectivity index (χ4n) is 2.13. The van der Waals surface area contributed by atoms with Crippen LogP contribution in [-0.2, 0) is 17.8 Å². The van der Waals surface area contributed by atoms with Crippen molar-refractivity contribution in [2.24, 2.45) is 0 Å². The minimum absolute atomic E-state index is 0.0133. The summed E-state index contributed by atoms with van der Waals surface area (Å²) in [4.78, 5) is 13.4. The number of ether oxygens (including phenoxy) is 1. The van der Waals surface area contributed by atoms with Crippen molar-refractivity contribution in [3.05, 3.63) is 21.4 Å². The number of aliphatic hydroxyl groups excluding tert-OH is 1. The van der Waals surface area contributed by atoms with Crippen molar-refractivity contribution in [2.45, 2.75) is 44.7 Å². The SMILES string of the molecule is CC[C@@H](NC(=O)c1cc2c(s1)CCOC2)[C@H](O)C(F)(F)F. The zero-order valence-electron chi connectivity index (χ0n) is 11.4. The third kappa shape index (κ3) is 3.75. The summed E-state index contributed by atoms with van der Waals surface area (Å²) in [5.41, 5.74) is 0.904. The summed E-state index contributed by atoms with van der Waals surface area (Å²) in [5.74, 6) is -0.593. The Hall–Kier alpha value is -1.12. The van der Waals surface area contributed by atoms with Crippen LogP contribution in [0.3, 0.4) is 0 Å². The van der Waals surface area contributed by atoms with Crippen LogP contribution in [0.5, 0.6) is 0 Å². The Kier molecular flexibility index (Phi) is 4.90. The van der Waals surface area contributed by atoms with Crippen LogP contribution in [0.1, 0.15) is 33.5 Å². The molecule has 118 valence electrons. The monoisotopic (exact) mass is 323 g/mol. The van der Waals surface area contributed by atoms with Gasteiger partial charge < -0.3 is 15.2 Å². The van der Waals surface area contributed by atoms with E-state index in [0.717, 1.165) is 10.4 Å². The molecule has 0 saturated heterocycles. The number of fused-ring (bicyclic) bond motifs is 1. The molecule has 1 aliphatic rings. The van der Waals surface area contributed by atoms with Gasteiger partial charge in [-0.3, -0.25) is 4.79 Å². The van der Waals surface area contributed by atoms with Crippen molar-refractivity contribution in [1.82, 2.24) is 5.32 Å². The van der Waals surface area contributed by atoms with Crippen molar-refractivity contribution >= 4 is 17.2 Å². The van der Waals surface area contributed by atoms with Gasteiger partial charge in [-0.2, -0.15) is 13.2 Å². The topological polar surface area (TPSA) is 58.6 Å². The van der Waals surface area contributed by atoms with Crippen molar-refractivity contribution in [1.29, 1.82) is 0 Å². The van der Waals surface area contributed by atoms with Crippen LogP contribution in [0.15, 0.2) is 6.07 Å². The van der Waals surface area contributed by atoms with Gasteiger partial charge in [0.15, 0.2) is 6.10 Å². The standard InChI is InChI=1S/C13H16F3NO3S/c1-2-8(11(18)13(14,15)16)17-12(19)10-5-7-6-20-4-3-9(7)21-10/h5,8,11,18H,2-4,6H2,1H3,(H,17,19)/t8-,11+/m1/s1. The Balaban J connectivity index is 2.07. The van der Waals surface area contributed by atoms with Gasteiger partial charge in [0.2, 0.25) is 0 Å². The van der Waals surface area contributed by atoms with Gasteiger partial charge in [0.05, 0.1) is 24.1 Å². The molecule has 2 N–H and O–H groups in total. The second-order valence-corrected chi connectivity index (χ2v) is 5.97. The van der Waals surface area contributed by atoms with Crippen LogP contribution < -0.4 is 5.32 Å². The molecule has 8 heteroatoms. The Morgan fingerprint density at radius 2 is 2.29 bits per heavy atom. The average Bonchev–Trinajstić information content (AvgIpc) is 2.86. The molecule has 1 amide bonds. The lowest BCUT2D eigenvalue weighted by molar-refractivity contribution is -0.211. The van der Waals surface area contributed by atoms with Gasteiger partial charge in [0, 0.05) is 11.3 Å². The highest BCUT2D eigenvalue weighted by molar-refractivity contribution is 7.14. The largest absolute Gasteiger partial charge is 0.416 e. The lowest BCUT2D eigenvalue weighted by Crippen LogP contribution is -2.49. The van der Waals surface area contributed by atoms with Crippen LogP contribution >= 0.6 is 11.3 Å². The Labute approximate surface area is 123 Å². The molecule has 2 atom stereocenters. The molecule has 21 heavy (non-hydrogen) atoms. The minimum Gasteiger partial charge on any atom is -0.382 e. The predicted molar refractivity (Wildman–Crippen MR) is 71.3 cm³/mol. The number of amides is 1. The number of carbonyl (C=O) groups excluding carboxylic acids is 1. The minimum atomic E-state index is -4.75. The van der Waals surface area contributed by atoms with E-state index in [4.69, 9.17) is 4.74 Å². The third-order valence-electron chi connectivity index (χ3n) is 3.32. The summed E-state index contributed by atoms with van der Waals surface area (Å²) in [6.07, 6.45) is -6.63. The molecular weight excluding hydrogens is 307 g/mol. The average molecular weight is 323 g/mol. The molecule has 0 radical (unpaired) electrons. The third-order valence-corrected chi connectivity index (χ3v) is 4.56. The highest BCUT2D eigenvalue weighted by Gasteiger charge is 2.43. The maximum atomic E-state index is 12.5. The van der Waals surface area contributed by atoms with E-state index in [1.165, 1.54) is 18.3 Å². The molecule has 0 bridgehead atoms. The van der Waals surface area contributed by atoms with Crippen molar-refractivity contribution < 1.29 is 27.8 Å². The van der Waals surface area contributed by atoms with Crippen molar-refractivity contribution in [3.8, 4) is 0 Å². The molecule has 0 spiro atoms. The number of nitrogens with one attached hydrogen (secondary N) is 1. The summed E-state index contributed by atoms with van der Waals surface area (Å²) in [7, 11) is 0. The summed E-state index contributed by atoms with van der Waals surface area (Å²) in [6.45, 7) is 2.48. The van der Waals surface area contributed by atoms with E-state index in [0.29, 0.717) is 24.5 Å². The quantitative estimate of drug-likeness (QED) is 0.893. The number of hydrogen-bond donors (Lipinski definition) is 2. The second kappa shape index (κ2) is 6.33. The van der Waals surface area contributed by atoms with E-state index in [9.17, 15) is 23.1 Å². The van der Waals surface area contributed by atoms with Gasteiger partial charge in [0.25, 0.3) is 5.91 Å². The van der Waals surface area contributed by atoms with Crippen LogP contribution in [0.4, 0.5) is 13.2 Å². The van der Waals surface area contributed by atoms with Gasteiger partial charge in [-0.25, -0.2) is 0 Å². The molecule has 0 aliphatic carbocycles. The first-order valence-corrected chi connectivity index (χ1v) is 7.39. The smallest absolute Gasteiger partial charge is 0.382 e. The fraction of sp³-hybridized carbons (Fsp3) is 0.615. The first kappa shape index (κ1) is 16.3. The highest BCUT2D eigenvalue weighted by Crippen LogP contribution is 2.28. The van der Waals surface area contributed by atoms with Crippen LogP contribution in [0, 0.1) is 0 Å². The van der Waals surface area contributed by atoms with Crippen molar-refractivity contribution in [2.75, 3.05) is 6.61 Å². The Morgan fingerprint density at radius 1 is 1.57 bits per heavy atom. The molecule has 1 aromatic rings. The van der Waals surface area contributed by atoms with E-state index >= 15 is 0 Å². The van der Waals surface area contributed by atoms with Crippen LogP contribution in [0.2, 0.25) is 0 Å². The summed E-state index contributed by atoms with van der Waals surface area (Å²) in [5, 5.41) is 11.5. The van der Waals surface area contributed by atoms with Gasteiger partial charge >= 0.3 is 6.18 Å². The van der Waals surface area contributed by atoms with E-state index < -0.39 is 24.2 Å². The van der Waals surface area contributed by atoms with E-state index in [1.807, 2.05) is 0 Å². The molecule has 0 unspecified atom stereocenters. The number of halogens is 3. The molecule has 1 aromatic heterocycles. The zero-order valence-corrected chi connectivity index (χ0v) is 12.2. The molecule has 2 rings (SSSR count). The molecule has 0 aromatic carbocycles. The lowest BCUT2D eigenvalue weighted by atomic mass is 10.1. The number of carbonyl (C=O) groups is 1. The maximum Gasteiger partial charge on any atom is 0.416 e. The molecular formula is C13H16F3NO3S. The molecule has 1 aliphatic heterocycles. The maximum absolute atomic E-state index is 12.5. The summed E-state index contributed by atoms with van der Waals surface area (Å²) in [6, 6.07) is 0.286. The highest BCUT2D eigenvalue weighted by atomic mass is 32.1.